The summed E-state index contributed by atoms with van der Waals surface area (Å²) in [6.45, 7) is 3.85. The van der Waals surface area contributed by atoms with Crippen molar-refractivity contribution in [1.29, 1.82) is 5.26 Å². The second kappa shape index (κ2) is 7.74. The minimum atomic E-state index is -3.07. The molecule has 1 saturated heterocycles. The van der Waals surface area contributed by atoms with E-state index in [1.807, 2.05) is 13.0 Å². The Morgan fingerprint density at radius 1 is 1.44 bits per heavy atom. The summed E-state index contributed by atoms with van der Waals surface area (Å²) >= 11 is 0. The Balaban J connectivity index is 2.13. The Labute approximate surface area is 148 Å². The van der Waals surface area contributed by atoms with E-state index in [0.29, 0.717) is 30.0 Å². The lowest BCUT2D eigenvalue weighted by Crippen LogP contribution is -2.46. The molecule has 1 amide bonds. The highest BCUT2D eigenvalue weighted by atomic mass is 32.2. The standard InChI is InChI=1S/C17H22N2O5S/c1-4-19(14-7-8-25(21,22)11-14)17(20)12(2)24-15-6-5-13(10-18)9-16(15)23-3/h5-6,9,12,14H,4,7-8,11H2,1-3H3/t12-,14+/m1/s1. The molecule has 7 nitrogen and oxygen atoms in total. The Kier molecular flexibility index (Phi) is 5.90. The number of carbonyl (C=O) groups is 1. The lowest BCUT2D eigenvalue weighted by molar-refractivity contribution is -0.139. The Bertz CT molecular complexity index is 785. The van der Waals surface area contributed by atoms with Crippen LogP contribution in [-0.4, -0.2) is 56.5 Å². The summed E-state index contributed by atoms with van der Waals surface area (Å²) in [5.41, 5.74) is 0.425. The van der Waals surface area contributed by atoms with Crippen molar-refractivity contribution in [3.63, 3.8) is 0 Å². The summed E-state index contributed by atoms with van der Waals surface area (Å²) in [4.78, 5) is 14.3. The Hall–Kier alpha value is -2.27. The van der Waals surface area contributed by atoms with Gasteiger partial charge in [0.25, 0.3) is 5.91 Å². The van der Waals surface area contributed by atoms with Gasteiger partial charge in [0.2, 0.25) is 0 Å². The molecule has 0 spiro atoms. The first kappa shape index (κ1) is 19.1. The van der Waals surface area contributed by atoms with E-state index in [0.717, 1.165) is 0 Å². The number of nitriles is 1. The SMILES string of the molecule is CCN(C(=O)[C@@H](C)Oc1ccc(C#N)cc1OC)[C@H]1CCS(=O)(=O)C1. The minimum absolute atomic E-state index is 0.000508. The van der Waals surface area contributed by atoms with Crippen LogP contribution in [0.2, 0.25) is 0 Å². The number of carbonyl (C=O) groups excluding carboxylic acids is 1. The predicted molar refractivity (Wildman–Crippen MR) is 92.2 cm³/mol. The maximum Gasteiger partial charge on any atom is 0.263 e. The van der Waals surface area contributed by atoms with Gasteiger partial charge < -0.3 is 14.4 Å². The number of nitrogens with zero attached hydrogens (tertiary/aromatic N) is 2. The average molecular weight is 366 g/mol. The van der Waals surface area contributed by atoms with Crippen molar-refractivity contribution in [3.8, 4) is 17.6 Å². The summed E-state index contributed by atoms with van der Waals surface area (Å²) in [7, 11) is -1.62. The molecule has 1 heterocycles. The second-order valence-electron chi connectivity index (χ2n) is 5.92. The molecule has 2 atom stereocenters. The Morgan fingerprint density at radius 2 is 2.16 bits per heavy atom. The molecule has 0 aliphatic carbocycles. The maximum atomic E-state index is 12.7. The van der Waals surface area contributed by atoms with E-state index >= 15 is 0 Å². The van der Waals surface area contributed by atoms with Crippen LogP contribution < -0.4 is 9.47 Å². The first-order valence-electron chi connectivity index (χ1n) is 8.07. The summed E-state index contributed by atoms with van der Waals surface area (Å²) < 4.78 is 34.3. The number of hydrogen-bond donors (Lipinski definition) is 0. The number of sulfone groups is 1. The quantitative estimate of drug-likeness (QED) is 0.754. The largest absolute Gasteiger partial charge is 0.493 e. The third-order valence-electron chi connectivity index (χ3n) is 4.22. The van der Waals surface area contributed by atoms with E-state index < -0.39 is 15.9 Å². The third kappa shape index (κ3) is 4.42. The molecule has 1 fully saturated rings. The van der Waals surface area contributed by atoms with Crippen molar-refractivity contribution >= 4 is 15.7 Å². The molecule has 0 bridgehead atoms. The first-order valence-corrected chi connectivity index (χ1v) is 9.89. The number of amides is 1. The van der Waals surface area contributed by atoms with Gasteiger partial charge in [-0.05, 0) is 32.4 Å². The fourth-order valence-electron chi connectivity index (χ4n) is 2.92. The summed E-state index contributed by atoms with van der Waals surface area (Å²) in [5.74, 6) is 0.568. The van der Waals surface area contributed by atoms with Gasteiger partial charge in [-0.2, -0.15) is 5.26 Å². The van der Waals surface area contributed by atoms with Gasteiger partial charge in [0.05, 0.1) is 30.2 Å². The highest BCUT2D eigenvalue weighted by molar-refractivity contribution is 7.91. The van der Waals surface area contributed by atoms with Crippen LogP contribution in [0.3, 0.4) is 0 Å². The molecule has 8 heteroatoms. The van der Waals surface area contributed by atoms with Crippen molar-refractivity contribution in [2.75, 3.05) is 25.2 Å². The van der Waals surface area contributed by atoms with Gasteiger partial charge in [0, 0.05) is 18.7 Å². The molecular weight excluding hydrogens is 344 g/mol. The van der Waals surface area contributed by atoms with E-state index in [9.17, 15) is 13.2 Å². The summed E-state index contributed by atoms with van der Waals surface area (Å²) in [6, 6.07) is 6.40. The summed E-state index contributed by atoms with van der Waals surface area (Å²) in [6.07, 6.45) is -0.348. The fraction of sp³-hybridized carbons (Fsp3) is 0.529. The van der Waals surface area contributed by atoms with Crippen LogP contribution in [0.15, 0.2) is 18.2 Å². The third-order valence-corrected chi connectivity index (χ3v) is 5.97. The van der Waals surface area contributed by atoms with E-state index in [-0.39, 0.29) is 23.5 Å². The zero-order valence-corrected chi connectivity index (χ0v) is 15.4. The average Bonchev–Trinajstić information content (AvgIpc) is 2.95. The minimum Gasteiger partial charge on any atom is -0.493 e. The van der Waals surface area contributed by atoms with E-state index in [1.54, 1.807) is 24.0 Å². The van der Waals surface area contributed by atoms with Crippen molar-refractivity contribution < 1.29 is 22.7 Å². The molecule has 2 rings (SSSR count). The van der Waals surface area contributed by atoms with E-state index in [4.69, 9.17) is 14.7 Å². The first-order chi connectivity index (χ1) is 11.8. The zero-order valence-electron chi connectivity index (χ0n) is 14.6. The number of ether oxygens (including phenoxy) is 2. The molecule has 1 aliphatic heterocycles. The van der Waals surface area contributed by atoms with Crippen LogP contribution in [0, 0.1) is 11.3 Å². The molecule has 1 aromatic rings. The van der Waals surface area contributed by atoms with Gasteiger partial charge in [-0.3, -0.25) is 4.79 Å². The highest BCUT2D eigenvalue weighted by Gasteiger charge is 2.35. The summed E-state index contributed by atoms with van der Waals surface area (Å²) in [5, 5.41) is 8.93. The molecule has 0 radical (unpaired) electrons. The number of methoxy groups -OCH3 is 1. The molecular formula is C17H22N2O5S. The van der Waals surface area contributed by atoms with Crippen LogP contribution in [0.25, 0.3) is 0 Å². The van der Waals surface area contributed by atoms with Crippen LogP contribution in [0.4, 0.5) is 0 Å². The van der Waals surface area contributed by atoms with Gasteiger partial charge >= 0.3 is 0 Å². The van der Waals surface area contributed by atoms with Crippen molar-refractivity contribution in [2.45, 2.75) is 32.4 Å². The molecule has 136 valence electrons. The smallest absolute Gasteiger partial charge is 0.263 e. The number of likely N-dealkylation sites (N-methyl/N-ethyl adjacent to an activating group) is 1. The molecule has 1 aliphatic rings. The normalized spacial score (nSPS) is 19.7. The van der Waals surface area contributed by atoms with Crippen LogP contribution in [0.5, 0.6) is 11.5 Å². The van der Waals surface area contributed by atoms with Gasteiger partial charge in [-0.25, -0.2) is 8.42 Å². The Morgan fingerprint density at radius 3 is 2.68 bits per heavy atom. The molecule has 0 saturated carbocycles. The lowest BCUT2D eigenvalue weighted by atomic mass is 10.2. The number of hydrogen-bond acceptors (Lipinski definition) is 6. The number of benzene rings is 1. The molecule has 1 aromatic carbocycles. The van der Waals surface area contributed by atoms with E-state index in [1.165, 1.54) is 13.2 Å². The van der Waals surface area contributed by atoms with E-state index in [2.05, 4.69) is 0 Å². The highest BCUT2D eigenvalue weighted by Crippen LogP contribution is 2.29. The van der Waals surface area contributed by atoms with Gasteiger partial charge in [-0.15, -0.1) is 0 Å². The zero-order chi connectivity index (χ0) is 18.6. The molecule has 0 unspecified atom stereocenters. The lowest BCUT2D eigenvalue weighted by Gasteiger charge is -2.29. The molecule has 0 N–H and O–H groups in total. The van der Waals surface area contributed by atoms with Crippen LogP contribution in [-0.2, 0) is 14.6 Å². The second-order valence-corrected chi connectivity index (χ2v) is 8.15. The molecule has 25 heavy (non-hydrogen) atoms. The van der Waals surface area contributed by atoms with Crippen LogP contribution >= 0.6 is 0 Å². The van der Waals surface area contributed by atoms with Crippen LogP contribution in [0.1, 0.15) is 25.8 Å². The van der Waals surface area contributed by atoms with Crippen molar-refractivity contribution in [3.05, 3.63) is 23.8 Å². The van der Waals surface area contributed by atoms with Crippen molar-refractivity contribution in [1.82, 2.24) is 4.90 Å². The monoisotopic (exact) mass is 366 g/mol. The van der Waals surface area contributed by atoms with Gasteiger partial charge in [0.15, 0.2) is 27.4 Å². The van der Waals surface area contributed by atoms with Gasteiger partial charge in [0.1, 0.15) is 0 Å². The predicted octanol–water partition coefficient (Wildman–Crippen LogP) is 1.37. The fourth-order valence-corrected chi connectivity index (χ4v) is 4.65. The topological polar surface area (TPSA) is 96.7 Å². The van der Waals surface area contributed by atoms with Gasteiger partial charge in [-0.1, -0.05) is 0 Å². The number of rotatable bonds is 6. The molecule has 0 aromatic heterocycles. The van der Waals surface area contributed by atoms with Crippen molar-refractivity contribution in [2.24, 2.45) is 0 Å². The maximum absolute atomic E-state index is 12.7.